The minimum Gasteiger partial charge on any atom is -0.481 e. The number of nitro groups is 1. The highest BCUT2D eigenvalue weighted by Crippen LogP contribution is 2.46. The number of nitrogens with one attached hydrogen (secondary N) is 1. The van der Waals surface area contributed by atoms with Crippen LogP contribution in [0.25, 0.3) is 0 Å². The molecule has 0 aliphatic heterocycles. The molecule has 0 spiro atoms. The monoisotopic (exact) mass is 262 g/mol. The number of aliphatic carboxylic acids is 1. The summed E-state index contributed by atoms with van der Waals surface area (Å²) in [5.74, 6) is -0.937. The molecular formula is C11H10N4O4. The number of hydrogen-bond donors (Lipinski definition) is 2. The SMILES string of the molecule is N#Cc1cnc(NCC2(C(=O)O)CC2)c([N+](=O)[O-])c1. The Labute approximate surface area is 107 Å². The molecule has 2 N–H and O–H groups in total. The lowest BCUT2D eigenvalue weighted by molar-refractivity contribution is -0.384. The minimum atomic E-state index is -0.920. The van der Waals surface area contributed by atoms with Gasteiger partial charge in [-0.15, -0.1) is 0 Å². The number of rotatable bonds is 5. The quantitative estimate of drug-likeness (QED) is 0.601. The smallest absolute Gasteiger partial charge is 0.312 e. The summed E-state index contributed by atoms with van der Waals surface area (Å²) in [5, 5.41) is 31.2. The first-order chi connectivity index (χ1) is 8.98. The third kappa shape index (κ3) is 2.44. The molecule has 19 heavy (non-hydrogen) atoms. The van der Waals surface area contributed by atoms with Crippen LogP contribution in [0.5, 0.6) is 0 Å². The summed E-state index contributed by atoms with van der Waals surface area (Å²) in [4.78, 5) is 25.0. The highest BCUT2D eigenvalue weighted by molar-refractivity contribution is 5.78. The van der Waals surface area contributed by atoms with Crippen molar-refractivity contribution in [1.82, 2.24) is 4.98 Å². The van der Waals surface area contributed by atoms with Gasteiger partial charge in [0.05, 0.1) is 15.9 Å². The lowest BCUT2D eigenvalue weighted by Gasteiger charge is -2.11. The second-order valence-electron chi connectivity index (χ2n) is 4.40. The fraction of sp³-hybridized carbons (Fsp3) is 0.364. The van der Waals surface area contributed by atoms with Crippen molar-refractivity contribution in [3.8, 4) is 6.07 Å². The molecule has 98 valence electrons. The number of anilines is 1. The van der Waals surface area contributed by atoms with Gasteiger partial charge in [-0.2, -0.15) is 5.26 Å². The van der Waals surface area contributed by atoms with Crippen LogP contribution in [0.4, 0.5) is 11.5 Å². The second-order valence-corrected chi connectivity index (χ2v) is 4.40. The molecule has 8 heteroatoms. The molecule has 0 atom stereocenters. The van der Waals surface area contributed by atoms with Crippen LogP contribution in [0.3, 0.4) is 0 Å². The Morgan fingerprint density at radius 1 is 1.68 bits per heavy atom. The van der Waals surface area contributed by atoms with Gasteiger partial charge in [0, 0.05) is 18.8 Å². The molecule has 1 aromatic rings. The molecule has 1 aromatic heterocycles. The Bertz CT molecular complexity index is 589. The molecule has 1 saturated carbocycles. The summed E-state index contributed by atoms with van der Waals surface area (Å²) in [6, 6.07) is 2.87. The molecular weight excluding hydrogens is 252 g/mol. The molecule has 1 fully saturated rings. The van der Waals surface area contributed by atoms with Crippen molar-refractivity contribution in [3.05, 3.63) is 27.9 Å². The summed E-state index contributed by atoms with van der Waals surface area (Å²) in [6.07, 6.45) is 2.29. The van der Waals surface area contributed by atoms with Crippen LogP contribution < -0.4 is 5.32 Å². The molecule has 2 rings (SSSR count). The van der Waals surface area contributed by atoms with Crippen molar-refractivity contribution >= 4 is 17.5 Å². The molecule has 1 aliphatic rings. The standard InChI is InChI=1S/C11H10N4O4/c12-4-7-3-8(15(18)19)9(13-5-7)14-6-11(1-2-11)10(16)17/h3,5H,1-2,6H2,(H,13,14)(H,16,17). The maximum absolute atomic E-state index is 11.0. The number of carbonyl (C=O) groups is 1. The number of pyridine rings is 1. The number of aromatic nitrogens is 1. The van der Waals surface area contributed by atoms with Crippen LogP contribution in [0.1, 0.15) is 18.4 Å². The minimum absolute atomic E-state index is 0.0171. The normalized spacial score (nSPS) is 15.3. The van der Waals surface area contributed by atoms with Crippen LogP contribution in [0.15, 0.2) is 12.3 Å². The van der Waals surface area contributed by atoms with Crippen molar-refractivity contribution < 1.29 is 14.8 Å². The third-order valence-electron chi connectivity index (χ3n) is 3.09. The van der Waals surface area contributed by atoms with Gasteiger partial charge in [0.2, 0.25) is 5.82 Å². The summed E-state index contributed by atoms with van der Waals surface area (Å²) in [7, 11) is 0. The molecule has 8 nitrogen and oxygen atoms in total. The van der Waals surface area contributed by atoms with Gasteiger partial charge in [-0.1, -0.05) is 0 Å². The van der Waals surface area contributed by atoms with Crippen molar-refractivity contribution in [3.63, 3.8) is 0 Å². The van der Waals surface area contributed by atoms with Gasteiger partial charge >= 0.3 is 11.7 Å². The van der Waals surface area contributed by atoms with Gasteiger partial charge < -0.3 is 10.4 Å². The topological polar surface area (TPSA) is 129 Å². The Hall–Kier alpha value is -2.69. The lowest BCUT2D eigenvalue weighted by Crippen LogP contribution is -2.25. The summed E-state index contributed by atoms with van der Waals surface area (Å²) in [5.41, 5.74) is -1.10. The highest BCUT2D eigenvalue weighted by Gasteiger charge is 2.50. The van der Waals surface area contributed by atoms with E-state index in [-0.39, 0.29) is 23.6 Å². The Balaban J connectivity index is 2.19. The molecule has 1 heterocycles. The fourth-order valence-corrected chi connectivity index (χ4v) is 1.66. The first kappa shape index (κ1) is 12.8. The van der Waals surface area contributed by atoms with Crippen molar-refractivity contribution in [1.29, 1.82) is 5.26 Å². The van der Waals surface area contributed by atoms with Crippen LogP contribution in [0.2, 0.25) is 0 Å². The first-order valence-corrected chi connectivity index (χ1v) is 5.50. The van der Waals surface area contributed by atoms with E-state index < -0.39 is 16.3 Å². The Morgan fingerprint density at radius 3 is 2.84 bits per heavy atom. The number of nitrogens with zero attached hydrogens (tertiary/aromatic N) is 3. The molecule has 0 saturated heterocycles. The van der Waals surface area contributed by atoms with E-state index in [0.717, 1.165) is 6.07 Å². The van der Waals surface area contributed by atoms with E-state index >= 15 is 0 Å². The van der Waals surface area contributed by atoms with Gasteiger partial charge in [0.25, 0.3) is 0 Å². The zero-order chi connectivity index (χ0) is 14.0. The van der Waals surface area contributed by atoms with E-state index in [1.165, 1.54) is 6.20 Å². The van der Waals surface area contributed by atoms with Gasteiger partial charge in [-0.25, -0.2) is 4.98 Å². The van der Waals surface area contributed by atoms with E-state index in [4.69, 9.17) is 10.4 Å². The van der Waals surface area contributed by atoms with Gasteiger partial charge in [0.1, 0.15) is 6.07 Å². The summed E-state index contributed by atoms with van der Waals surface area (Å²) >= 11 is 0. The maximum Gasteiger partial charge on any atom is 0.312 e. The largest absolute Gasteiger partial charge is 0.481 e. The zero-order valence-electron chi connectivity index (χ0n) is 9.79. The average molecular weight is 262 g/mol. The number of carboxylic acids is 1. The Kier molecular flexibility index (Phi) is 3.04. The van der Waals surface area contributed by atoms with Crippen LogP contribution >= 0.6 is 0 Å². The highest BCUT2D eigenvalue weighted by atomic mass is 16.6. The first-order valence-electron chi connectivity index (χ1n) is 5.50. The Morgan fingerprint density at radius 2 is 2.37 bits per heavy atom. The average Bonchev–Trinajstić information content (AvgIpc) is 3.17. The fourth-order valence-electron chi connectivity index (χ4n) is 1.66. The van der Waals surface area contributed by atoms with E-state index in [2.05, 4.69) is 10.3 Å². The second kappa shape index (κ2) is 4.53. The van der Waals surface area contributed by atoms with E-state index in [9.17, 15) is 14.9 Å². The third-order valence-corrected chi connectivity index (χ3v) is 3.09. The molecule has 0 aromatic carbocycles. The number of nitriles is 1. The lowest BCUT2D eigenvalue weighted by atomic mass is 10.1. The molecule has 1 aliphatic carbocycles. The van der Waals surface area contributed by atoms with Crippen molar-refractivity contribution in [2.75, 3.05) is 11.9 Å². The maximum atomic E-state index is 11.0. The number of carboxylic acid groups (broad SMARTS) is 1. The van der Waals surface area contributed by atoms with Crippen molar-refractivity contribution in [2.24, 2.45) is 5.41 Å². The predicted molar refractivity (Wildman–Crippen MR) is 63.4 cm³/mol. The van der Waals surface area contributed by atoms with Gasteiger partial charge in [-0.05, 0) is 12.8 Å². The summed E-state index contributed by atoms with van der Waals surface area (Å²) < 4.78 is 0. The van der Waals surface area contributed by atoms with Crippen molar-refractivity contribution in [2.45, 2.75) is 12.8 Å². The zero-order valence-corrected chi connectivity index (χ0v) is 9.79. The van der Waals surface area contributed by atoms with E-state index in [0.29, 0.717) is 12.8 Å². The van der Waals surface area contributed by atoms with Gasteiger partial charge in [0.15, 0.2) is 0 Å². The van der Waals surface area contributed by atoms with Crippen LogP contribution in [0, 0.1) is 26.9 Å². The molecule has 0 amide bonds. The van der Waals surface area contributed by atoms with Crippen LogP contribution in [-0.4, -0.2) is 27.5 Å². The van der Waals surface area contributed by atoms with E-state index in [1.807, 2.05) is 0 Å². The molecule has 0 bridgehead atoms. The number of hydrogen-bond acceptors (Lipinski definition) is 6. The summed E-state index contributed by atoms with van der Waals surface area (Å²) in [6.45, 7) is 0.0854. The predicted octanol–water partition coefficient (Wildman–Crippen LogP) is 1.14. The molecule has 0 radical (unpaired) electrons. The van der Waals surface area contributed by atoms with Gasteiger partial charge in [-0.3, -0.25) is 14.9 Å². The molecule has 0 unspecified atom stereocenters. The van der Waals surface area contributed by atoms with Crippen LogP contribution in [-0.2, 0) is 4.79 Å². The van der Waals surface area contributed by atoms with E-state index in [1.54, 1.807) is 6.07 Å².